The van der Waals surface area contributed by atoms with E-state index in [4.69, 9.17) is 11.0 Å². The quantitative estimate of drug-likeness (QED) is 0.726. The topological polar surface area (TPSA) is 62.7 Å². The molecule has 13 heavy (non-hydrogen) atoms. The molecule has 0 aromatic carbocycles. The van der Waals surface area contributed by atoms with Gasteiger partial charge in [-0.15, -0.1) is 11.3 Å². The third kappa shape index (κ3) is 1.58. The molecule has 68 valence electrons. The number of hydrogen-bond donors (Lipinski definition) is 1. The molecule has 0 fully saturated rings. The molecule has 2 N–H and O–H groups in total. The molecule has 1 aromatic rings. The van der Waals surface area contributed by atoms with Gasteiger partial charge in [-0.1, -0.05) is 0 Å². The summed E-state index contributed by atoms with van der Waals surface area (Å²) in [7, 11) is 0. The van der Waals surface area contributed by atoms with Gasteiger partial charge in [-0.25, -0.2) is 4.98 Å². The minimum absolute atomic E-state index is 0.305. The third-order valence-electron chi connectivity index (χ3n) is 2.58. The number of nitrogens with two attached hydrogens (primary N) is 1. The average molecular weight is 193 g/mol. The smallest absolute Gasteiger partial charge is 0.0960 e. The van der Waals surface area contributed by atoms with Crippen molar-refractivity contribution >= 4 is 11.3 Å². The average Bonchev–Trinajstić information content (AvgIpc) is 2.63. The second-order valence-corrected chi connectivity index (χ2v) is 4.32. The maximum absolute atomic E-state index is 8.69. The monoisotopic (exact) mass is 193 g/mol. The van der Waals surface area contributed by atoms with Gasteiger partial charge in [0.2, 0.25) is 0 Å². The lowest BCUT2D eigenvalue weighted by atomic mass is 9.86. The Labute approximate surface area is 81.2 Å². The van der Waals surface area contributed by atoms with Crippen LogP contribution in [0, 0.1) is 17.2 Å². The zero-order valence-corrected chi connectivity index (χ0v) is 8.05. The van der Waals surface area contributed by atoms with Crippen LogP contribution in [0.5, 0.6) is 0 Å². The van der Waals surface area contributed by atoms with E-state index in [0.29, 0.717) is 5.92 Å². The molecule has 2 unspecified atom stereocenters. The van der Waals surface area contributed by atoms with Crippen LogP contribution in [0.15, 0.2) is 5.51 Å². The number of nitriles is 1. The summed E-state index contributed by atoms with van der Waals surface area (Å²) in [5.41, 5.74) is 8.73. The minimum Gasteiger partial charge on any atom is -0.316 e. The summed E-state index contributed by atoms with van der Waals surface area (Å²) < 4.78 is 0. The number of rotatable bonds is 1. The third-order valence-corrected chi connectivity index (χ3v) is 3.52. The highest BCUT2D eigenvalue weighted by Gasteiger charge is 2.25. The molecule has 2 rings (SSSR count). The fourth-order valence-electron chi connectivity index (χ4n) is 1.74. The largest absolute Gasteiger partial charge is 0.316 e. The van der Waals surface area contributed by atoms with Crippen molar-refractivity contribution in [2.24, 2.45) is 11.7 Å². The predicted molar refractivity (Wildman–Crippen MR) is 51.2 cm³/mol. The fraction of sp³-hybridized carbons (Fsp3) is 0.556. The van der Waals surface area contributed by atoms with E-state index in [1.54, 1.807) is 11.3 Å². The summed E-state index contributed by atoms with van der Waals surface area (Å²) >= 11 is 1.71. The van der Waals surface area contributed by atoms with Gasteiger partial charge >= 0.3 is 0 Å². The molecule has 0 saturated carbocycles. The van der Waals surface area contributed by atoms with Gasteiger partial charge in [0.05, 0.1) is 23.3 Å². The Kier molecular flexibility index (Phi) is 2.30. The Morgan fingerprint density at radius 2 is 2.62 bits per heavy atom. The molecule has 1 aliphatic carbocycles. The van der Waals surface area contributed by atoms with Crippen LogP contribution in [0.3, 0.4) is 0 Å². The van der Waals surface area contributed by atoms with Crippen molar-refractivity contribution < 1.29 is 0 Å². The first-order chi connectivity index (χ1) is 6.31. The van der Waals surface area contributed by atoms with Crippen LogP contribution in [0.4, 0.5) is 0 Å². The van der Waals surface area contributed by atoms with Gasteiger partial charge in [-0.05, 0) is 25.2 Å². The summed E-state index contributed by atoms with van der Waals surface area (Å²) in [6.07, 6.45) is 2.96. The lowest BCUT2D eigenvalue weighted by molar-refractivity contribution is 0.420. The summed E-state index contributed by atoms with van der Waals surface area (Å²) in [6, 6.07) is 1.79. The molecule has 0 aliphatic heterocycles. The highest BCUT2D eigenvalue weighted by atomic mass is 32.1. The van der Waals surface area contributed by atoms with Crippen molar-refractivity contribution in [1.82, 2.24) is 4.98 Å². The molecule has 0 spiro atoms. The van der Waals surface area contributed by atoms with Gasteiger partial charge < -0.3 is 5.73 Å². The summed E-state index contributed by atoms with van der Waals surface area (Å²) in [5, 5.41) is 8.69. The van der Waals surface area contributed by atoms with Crippen LogP contribution in [0.1, 0.15) is 17.0 Å². The Balaban J connectivity index is 2.14. The van der Waals surface area contributed by atoms with Crippen LogP contribution in [-0.4, -0.2) is 11.0 Å². The lowest BCUT2D eigenvalue weighted by Crippen LogP contribution is -2.32. The highest BCUT2D eigenvalue weighted by molar-refractivity contribution is 7.09. The fourth-order valence-corrected chi connectivity index (χ4v) is 2.56. The predicted octanol–water partition coefficient (Wildman–Crippen LogP) is 1.10. The molecule has 1 aliphatic rings. The van der Waals surface area contributed by atoms with Crippen LogP contribution >= 0.6 is 11.3 Å². The highest BCUT2D eigenvalue weighted by Crippen LogP contribution is 2.28. The van der Waals surface area contributed by atoms with Crippen molar-refractivity contribution in [3.8, 4) is 6.07 Å². The number of hydrogen-bond acceptors (Lipinski definition) is 4. The van der Waals surface area contributed by atoms with Gasteiger partial charge in [0.15, 0.2) is 0 Å². The molecule has 3 nitrogen and oxygen atoms in total. The Bertz CT molecular complexity index is 339. The maximum atomic E-state index is 8.69. The molecule has 0 radical (unpaired) electrons. The Morgan fingerprint density at radius 1 is 1.77 bits per heavy atom. The zero-order chi connectivity index (χ0) is 9.26. The van der Waals surface area contributed by atoms with E-state index < -0.39 is 0 Å². The molecule has 4 heteroatoms. The molecule has 1 aromatic heterocycles. The van der Waals surface area contributed by atoms with Crippen LogP contribution in [0.25, 0.3) is 0 Å². The van der Waals surface area contributed by atoms with E-state index in [2.05, 4.69) is 11.1 Å². The molecule has 2 atom stereocenters. The first-order valence-electron chi connectivity index (χ1n) is 4.37. The van der Waals surface area contributed by atoms with E-state index in [-0.39, 0.29) is 6.04 Å². The van der Waals surface area contributed by atoms with Crippen molar-refractivity contribution in [3.63, 3.8) is 0 Å². The van der Waals surface area contributed by atoms with Gasteiger partial charge in [0, 0.05) is 4.88 Å². The SMILES string of the molecule is N#CC(N)C1CCc2scnc2C1. The zero-order valence-electron chi connectivity index (χ0n) is 7.23. The standard InChI is InChI=1S/C9H11N3S/c10-4-7(11)6-1-2-9-8(3-6)12-5-13-9/h5-7H,1-3,11H2. The van der Waals surface area contributed by atoms with Crippen molar-refractivity contribution in [2.45, 2.75) is 25.3 Å². The van der Waals surface area contributed by atoms with E-state index in [0.717, 1.165) is 25.0 Å². The van der Waals surface area contributed by atoms with Gasteiger partial charge in [0.25, 0.3) is 0 Å². The van der Waals surface area contributed by atoms with Gasteiger partial charge in [0.1, 0.15) is 0 Å². The summed E-state index contributed by atoms with van der Waals surface area (Å²) in [5.74, 6) is 0.305. The van der Waals surface area contributed by atoms with Crippen LogP contribution < -0.4 is 5.73 Å². The van der Waals surface area contributed by atoms with Crippen molar-refractivity contribution in [2.75, 3.05) is 0 Å². The second-order valence-electron chi connectivity index (χ2n) is 3.38. The van der Waals surface area contributed by atoms with E-state index >= 15 is 0 Å². The van der Waals surface area contributed by atoms with Crippen molar-refractivity contribution in [1.29, 1.82) is 5.26 Å². The van der Waals surface area contributed by atoms with E-state index in [1.165, 1.54) is 4.88 Å². The Morgan fingerprint density at radius 3 is 3.38 bits per heavy atom. The van der Waals surface area contributed by atoms with Gasteiger partial charge in [-0.3, -0.25) is 0 Å². The second kappa shape index (κ2) is 3.44. The van der Waals surface area contributed by atoms with Crippen molar-refractivity contribution in [3.05, 3.63) is 16.1 Å². The molecular formula is C9H11N3S. The number of nitrogens with zero attached hydrogens (tertiary/aromatic N) is 2. The lowest BCUT2D eigenvalue weighted by Gasteiger charge is -2.22. The minimum atomic E-state index is -0.324. The number of thiazole rings is 1. The number of aromatic nitrogens is 1. The number of fused-ring (bicyclic) bond motifs is 1. The molecule has 0 bridgehead atoms. The molecule has 1 heterocycles. The van der Waals surface area contributed by atoms with E-state index in [9.17, 15) is 0 Å². The first kappa shape index (κ1) is 8.67. The Hall–Kier alpha value is -0.920. The van der Waals surface area contributed by atoms with Gasteiger partial charge in [-0.2, -0.15) is 5.26 Å². The normalized spacial score (nSPS) is 23.2. The summed E-state index contributed by atoms with van der Waals surface area (Å²) in [4.78, 5) is 5.65. The molecule has 0 saturated heterocycles. The van der Waals surface area contributed by atoms with Crippen LogP contribution in [-0.2, 0) is 12.8 Å². The summed E-state index contributed by atoms with van der Waals surface area (Å²) in [6.45, 7) is 0. The maximum Gasteiger partial charge on any atom is 0.0960 e. The first-order valence-corrected chi connectivity index (χ1v) is 5.25. The number of aryl methyl sites for hydroxylation is 1. The van der Waals surface area contributed by atoms with E-state index in [1.807, 2.05) is 5.51 Å². The molecule has 0 amide bonds. The molecular weight excluding hydrogens is 182 g/mol. The van der Waals surface area contributed by atoms with Crippen LogP contribution in [0.2, 0.25) is 0 Å².